The van der Waals surface area contributed by atoms with Gasteiger partial charge in [-0.1, -0.05) is 25.3 Å². The Hall–Kier alpha value is -2.42. The zero-order valence-corrected chi connectivity index (χ0v) is 12.2. The first-order valence-corrected chi connectivity index (χ1v) is 7.58. The molecule has 0 unspecified atom stereocenters. The Bertz CT molecular complexity index is 672. The molecular weight excluding hydrogens is 282 g/mol. The maximum atomic E-state index is 12.9. The number of non-ortho nitro benzene ring substituents is 1. The molecule has 0 saturated heterocycles. The number of nitro groups is 1. The second-order valence-electron chi connectivity index (χ2n) is 6.03. The molecule has 0 bridgehead atoms. The van der Waals surface area contributed by atoms with Crippen LogP contribution in [0.4, 0.5) is 11.4 Å². The number of carbonyl (C=O) groups excluding carboxylic acids is 1. The largest absolute Gasteiger partial charge is 0.310 e. The van der Waals surface area contributed by atoms with Crippen LogP contribution in [0, 0.1) is 26.9 Å². The molecule has 22 heavy (non-hydrogen) atoms. The molecule has 1 aromatic carbocycles. The van der Waals surface area contributed by atoms with Crippen LogP contribution in [0.25, 0.3) is 0 Å². The summed E-state index contributed by atoms with van der Waals surface area (Å²) in [7, 11) is 0. The van der Waals surface area contributed by atoms with E-state index in [9.17, 15) is 20.2 Å². The fourth-order valence-corrected chi connectivity index (χ4v) is 3.48. The molecule has 0 aromatic heterocycles. The number of hydrogen-bond acceptors (Lipinski definition) is 4. The number of amides is 1. The predicted octanol–water partition coefficient (Wildman–Crippen LogP) is 2.96. The van der Waals surface area contributed by atoms with Gasteiger partial charge in [0.25, 0.3) is 5.69 Å². The summed E-state index contributed by atoms with van der Waals surface area (Å²) < 4.78 is 0. The highest BCUT2D eigenvalue weighted by Gasteiger charge is 2.44. The van der Waals surface area contributed by atoms with E-state index < -0.39 is 10.3 Å². The SMILES string of the molecule is N#CC1(C(=O)N2CCc3ccc([N+](=O)[O-])cc32)CCCCC1. The highest BCUT2D eigenvalue weighted by Crippen LogP contribution is 2.41. The standard InChI is InChI=1S/C16H17N3O3/c17-11-16(7-2-1-3-8-16)15(20)18-9-6-12-4-5-13(19(21)22)10-14(12)18/h4-5,10H,1-3,6-9H2. The van der Waals surface area contributed by atoms with E-state index in [-0.39, 0.29) is 11.6 Å². The predicted molar refractivity (Wildman–Crippen MR) is 80.3 cm³/mol. The van der Waals surface area contributed by atoms with Crippen molar-refractivity contribution < 1.29 is 9.72 Å². The van der Waals surface area contributed by atoms with Crippen LogP contribution in [-0.2, 0) is 11.2 Å². The molecule has 2 aliphatic rings. The fourth-order valence-electron chi connectivity index (χ4n) is 3.48. The Labute approximate surface area is 128 Å². The number of nitro benzene ring substituents is 1. The summed E-state index contributed by atoms with van der Waals surface area (Å²) in [6.07, 6.45) is 4.68. The number of hydrogen-bond donors (Lipinski definition) is 0. The van der Waals surface area contributed by atoms with E-state index in [2.05, 4.69) is 6.07 Å². The minimum absolute atomic E-state index is 0.0203. The van der Waals surface area contributed by atoms with Crippen LogP contribution in [0.1, 0.15) is 37.7 Å². The van der Waals surface area contributed by atoms with Gasteiger partial charge in [-0.2, -0.15) is 5.26 Å². The molecule has 0 spiro atoms. The molecule has 6 heteroatoms. The number of benzene rings is 1. The van der Waals surface area contributed by atoms with Crippen molar-refractivity contribution in [2.75, 3.05) is 11.4 Å². The lowest BCUT2D eigenvalue weighted by Gasteiger charge is -2.33. The van der Waals surface area contributed by atoms with Gasteiger partial charge in [-0.3, -0.25) is 14.9 Å². The van der Waals surface area contributed by atoms with Gasteiger partial charge in [0.05, 0.1) is 16.7 Å². The quantitative estimate of drug-likeness (QED) is 0.620. The van der Waals surface area contributed by atoms with Gasteiger partial charge in [-0.05, 0) is 24.8 Å². The number of nitriles is 1. The Kier molecular flexibility index (Phi) is 3.57. The highest BCUT2D eigenvalue weighted by atomic mass is 16.6. The topological polar surface area (TPSA) is 87.2 Å². The van der Waals surface area contributed by atoms with Gasteiger partial charge in [0, 0.05) is 18.7 Å². The number of fused-ring (bicyclic) bond motifs is 1. The third-order valence-corrected chi connectivity index (χ3v) is 4.75. The fraction of sp³-hybridized carbons (Fsp3) is 0.500. The molecule has 1 saturated carbocycles. The minimum atomic E-state index is -0.954. The van der Waals surface area contributed by atoms with Crippen LogP contribution in [0.2, 0.25) is 0 Å². The normalized spacial score (nSPS) is 19.3. The van der Waals surface area contributed by atoms with E-state index in [0.717, 1.165) is 24.8 Å². The van der Waals surface area contributed by atoms with E-state index in [1.54, 1.807) is 11.0 Å². The summed E-state index contributed by atoms with van der Waals surface area (Å²) in [4.78, 5) is 25.0. The summed E-state index contributed by atoms with van der Waals surface area (Å²) >= 11 is 0. The first-order chi connectivity index (χ1) is 10.6. The summed E-state index contributed by atoms with van der Waals surface area (Å²) in [5.41, 5.74) is 0.556. The van der Waals surface area contributed by atoms with Crippen molar-refractivity contribution in [2.45, 2.75) is 38.5 Å². The van der Waals surface area contributed by atoms with Gasteiger partial charge in [-0.15, -0.1) is 0 Å². The number of anilines is 1. The lowest BCUT2D eigenvalue weighted by Crippen LogP contribution is -2.43. The first-order valence-electron chi connectivity index (χ1n) is 7.58. The average Bonchev–Trinajstić information content (AvgIpc) is 2.97. The van der Waals surface area contributed by atoms with E-state index in [1.165, 1.54) is 12.1 Å². The molecule has 1 fully saturated rings. The van der Waals surface area contributed by atoms with Crippen LogP contribution in [0.15, 0.2) is 18.2 Å². The molecule has 1 aliphatic carbocycles. The first kappa shape index (κ1) is 14.5. The smallest absolute Gasteiger partial charge is 0.271 e. The lowest BCUT2D eigenvalue weighted by molar-refractivity contribution is -0.384. The van der Waals surface area contributed by atoms with Crippen molar-refractivity contribution in [1.82, 2.24) is 0 Å². The van der Waals surface area contributed by atoms with Gasteiger partial charge in [-0.25, -0.2) is 0 Å². The van der Waals surface area contributed by atoms with Crippen LogP contribution in [0.5, 0.6) is 0 Å². The van der Waals surface area contributed by atoms with Gasteiger partial charge >= 0.3 is 0 Å². The van der Waals surface area contributed by atoms with Crippen LogP contribution >= 0.6 is 0 Å². The Morgan fingerprint density at radius 3 is 2.68 bits per heavy atom. The Morgan fingerprint density at radius 2 is 2.05 bits per heavy atom. The van der Waals surface area contributed by atoms with Crippen molar-refractivity contribution in [2.24, 2.45) is 5.41 Å². The van der Waals surface area contributed by atoms with Crippen LogP contribution < -0.4 is 4.90 Å². The lowest BCUT2D eigenvalue weighted by atomic mass is 9.74. The van der Waals surface area contributed by atoms with Crippen LogP contribution in [0.3, 0.4) is 0 Å². The monoisotopic (exact) mass is 299 g/mol. The minimum Gasteiger partial charge on any atom is -0.310 e. The number of carbonyl (C=O) groups is 1. The molecule has 0 radical (unpaired) electrons. The molecular formula is C16H17N3O3. The van der Waals surface area contributed by atoms with E-state index in [0.29, 0.717) is 31.5 Å². The maximum absolute atomic E-state index is 12.9. The Balaban J connectivity index is 1.95. The summed E-state index contributed by atoms with van der Waals surface area (Å²) in [6.45, 7) is 0.499. The van der Waals surface area contributed by atoms with Crippen molar-refractivity contribution in [3.63, 3.8) is 0 Å². The van der Waals surface area contributed by atoms with Gasteiger partial charge in [0.1, 0.15) is 5.41 Å². The zero-order valence-electron chi connectivity index (χ0n) is 12.2. The maximum Gasteiger partial charge on any atom is 0.271 e. The van der Waals surface area contributed by atoms with Crippen molar-refractivity contribution in [3.8, 4) is 6.07 Å². The summed E-state index contributed by atoms with van der Waals surface area (Å²) in [5, 5.41) is 20.5. The third-order valence-electron chi connectivity index (χ3n) is 4.75. The second-order valence-corrected chi connectivity index (χ2v) is 6.03. The molecule has 0 N–H and O–H groups in total. The molecule has 0 atom stereocenters. The summed E-state index contributed by atoms with van der Waals surface area (Å²) in [6, 6.07) is 6.86. The van der Waals surface area contributed by atoms with Crippen molar-refractivity contribution in [1.29, 1.82) is 5.26 Å². The highest BCUT2D eigenvalue weighted by molar-refractivity contribution is 6.01. The third kappa shape index (κ3) is 2.23. The Morgan fingerprint density at radius 1 is 1.32 bits per heavy atom. The molecule has 3 rings (SSSR count). The molecule has 1 amide bonds. The molecule has 6 nitrogen and oxygen atoms in total. The molecule has 114 valence electrons. The van der Waals surface area contributed by atoms with Gasteiger partial charge in [0.15, 0.2) is 0 Å². The molecule has 1 heterocycles. The van der Waals surface area contributed by atoms with E-state index in [4.69, 9.17) is 0 Å². The zero-order chi connectivity index (χ0) is 15.7. The van der Waals surface area contributed by atoms with E-state index in [1.807, 2.05) is 0 Å². The second kappa shape index (κ2) is 5.41. The van der Waals surface area contributed by atoms with Crippen molar-refractivity contribution in [3.05, 3.63) is 33.9 Å². The number of nitrogens with zero attached hydrogens (tertiary/aromatic N) is 3. The van der Waals surface area contributed by atoms with Gasteiger partial charge < -0.3 is 4.90 Å². The van der Waals surface area contributed by atoms with Crippen LogP contribution in [-0.4, -0.2) is 17.4 Å². The summed E-state index contributed by atoms with van der Waals surface area (Å²) in [5.74, 6) is -0.186. The molecule has 1 aromatic rings. The molecule has 1 aliphatic heterocycles. The average molecular weight is 299 g/mol. The van der Waals surface area contributed by atoms with Crippen molar-refractivity contribution >= 4 is 17.3 Å². The number of rotatable bonds is 2. The van der Waals surface area contributed by atoms with Gasteiger partial charge in [0.2, 0.25) is 5.91 Å². The van der Waals surface area contributed by atoms with E-state index >= 15 is 0 Å².